The number of rotatable bonds is 3. The van der Waals surface area contributed by atoms with Gasteiger partial charge in [0.2, 0.25) is 0 Å². The van der Waals surface area contributed by atoms with Crippen molar-refractivity contribution in [2.24, 2.45) is 0 Å². The van der Waals surface area contributed by atoms with Crippen molar-refractivity contribution in [3.63, 3.8) is 0 Å². The van der Waals surface area contributed by atoms with Crippen LogP contribution in [0.2, 0.25) is 0 Å². The fourth-order valence-electron chi connectivity index (χ4n) is 1.53. The first-order valence-corrected chi connectivity index (χ1v) is 7.07. The lowest BCUT2D eigenvalue weighted by atomic mass is 10.2. The van der Waals surface area contributed by atoms with Crippen LogP contribution in [-0.2, 0) is 5.75 Å². The number of hydrogen-bond donors (Lipinski definition) is 0. The fourth-order valence-corrected chi connectivity index (χ4v) is 3.15. The molecule has 0 N–H and O–H groups in total. The SMILES string of the molecule is Cc1ccccc1SCc1cccc(F)c1Br. The number of halogens is 2. The summed E-state index contributed by atoms with van der Waals surface area (Å²) in [6.45, 7) is 2.09. The first-order valence-electron chi connectivity index (χ1n) is 5.30. The Morgan fingerprint density at radius 1 is 1.12 bits per heavy atom. The highest BCUT2D eigenvalue weighted by Crippen LogP contribution is 2.29. The average Bonchev–Trinajstić information content (AvgIpc) is 2.33. The van der Waals surface area contributed by atoms with Crippen LogP contribution >= 0.6 is 27.7 Å². The second-order valence-corrected chi connectivity index (χ2v) is 5.58. The molecule has 0 saturated carbocycles. The van der Waals surface area contributed by atoms with Gasteiger partial charge in [0.05, 0.1) is 4.47 Å². The van der Waals surface area contributed by atoms with Crippen molar-refractivity contribution in [3.05, 3.63) is 63.9 Å². The van der Waals surface area contributed by atoms with Crippen LogP contribution in [0.5, 0.6) is 0 Å². The predicted molar refractivity (Wildman–Crippen MR) is 74.8 cm³/mol. The molecule has 0 unspecified atom stereocenters. The molecule has 2 rings (SSSR count). The first-order chi connectivity index (χ1) is 8.18. The summed E-state index contributed by atoms with van der Waals surface area (Å²) in [4.78, 5) is 1.24. The third-order valence-corrected chi connectivity index (χ3v) is 4.62. The van der Waals surface area contributed by atoms with Crippen molar-refractivity contribution in [2.75, 3.05) is 0 Å². The number of aryl methyl sites for hydroxylation is 1. The van der Waals surface area contributed by atoms with Gasteiger partial charge in [-0.3, -0.25) is 0 Å². The van der Waals surface area contributed by atoms with Crippen molar-refractivity contribution < 1.29 is 4.39 Å². The standard InChI is InChI=1S/C14H12BrFS/c1-10-5-2-3-8-13(10)17-9-11-6-4-7-12(16)14(11)15/h2-8H,9H2,1H3. The minimum Gasteiger partial charge on any atom is -0.206 e. The third kappa shape index (κ3) is 3.11. The Kier molecular flexibility index (Phi) is 4.24. The molecule has 0 amide bonds. The van der Waals surface area contributed by atoms with Gasteiger partial charge in [-0.1, -0.05) is 30.3 Å². The minimum absolute atomic E-state index is 0.201. The molecule has 0 aliphatic rings. The summed E-state index contributed by atoms with van der Waals surface area (Å²) in [6, 6.07) is 13.4. The second kappa shape index (κ2) is 5.69. The van der Waals surface area contributed by atoms with E-state index in [-0.39, 0.29) is 5.82 Å². The van der Waals surface area contributed by atoms with E-state index in [9.17, 15) is 4.39 Å². The van der Waals surface area contributed by atoms with E-state index in [4.69, 9.17) is 0 Å². The van der Waals surface area contributed by atoms with Crippen molar-refractivity contribution in [2.45, 2.75) is 17.6 Å². The van der Waals surface area contributed by atoms with Crippen molar-refractivity contribution in [3.8, 4) is 0 Å². The predicted octanol–water partition coefficient (Wildman–Crippen LogP) is 5.19. The van der Waals surface area contributed by atoms with E-state index in [0.717, 1.165) is 11.3 Å². The fraction of sp³-hybridized carbons (Fsp3) is 0.143. The van der Waals surface area contributed by atoms with Crippen LogP contribution in [0.3, 0.4) is 0 Å². The Balaban J connectivity index is 2.13. The second-order valence-electron chi connectivity index (χ2n) is 3.77. The lowest BCUT2D eigenvalue weighted by molar-refractivity contribution is 0.619. The van der Waals surface area contributed by atoms with Crippen LogP contribution in [0.1, 0.15) is 11.1 Å². The van der Waals surface area contributed by atoms with Gasteiger partial charge >= 0.3 is 0 Å². The van der Waals surface area contributed by atoms with Gasteiger partial charge < -0.3 is 0 Å². The molecular weight excluding hydrogens is 299 g/mol. The minimum atomic E-state index is -0.201. The molecule has 17 heavy (non-hydrogen) atoms. The summed E-state index contributed by atoms with van der Waals surface area (Å²) in [5.74, 6) is 0.566. The van der Waals surface area contributed by atoms with E-state index < -0.39 is 0 Å². The van der Waals surface area contributed by atoms with Crippen LogP contribution in [-0.4, -0.2) is 0 Å². The highest BCUT2D eigenvalue weighted by atomic mass is 79.9. The van der Waals surface area contributed by atoms with Crippen molar-refractivity contribution >= 4 is 27.7 Å². The Hall–Kier alpha value is -0.800. The number of benzene rings is 2. The first kappa shape index (κ1) is 12.7. The third-order valence-electron chi connectivity index (χ3n) is 2.51. The van der Waals surface area contributed by atoms with Gasteiger partial charge in [-0.05, 0) is 46.1 Å². The molecule has 2 aromatic carbocycles. The van der Waals surface area contributed by atoms with Gasteiger partial charge in [0.15, 0.2) is 0 Å². The van der Waals surface area contributed by atoms with Crippen molar-refractivity contribution in [1.29, 1.82) is 0 Å². The van der Waals surface area contributed by atoms with Crippen LogP contribution in [0.15, 0.2) is 51.8 Å². The number of hydrogen-bond acceptors (Lipinski definition) is 1. The molecule has 0 spiro atoms. The quantitative estimate of drug-likeness (QED) is 0.703. The van der Waals surface area contributed by atoms with E-state index in [1.165, 1.54) is 16.5 Å². The molecule has 0 fully saturated rings. The highest BCUT2D eigenvalue weighted by Gasteiger charge is 2.06. The van der Waals surface area contributed by atoms with Gasteiger partial charge in [0, 0.05) is 10.6 Å². The topological polar surface area (TPSA) is 0 Å². The molecule has 3 heteroatoms. The maximum absolute atomic E-state index is 13.3. The van der Waals surface area contributed by atoms with Gasteiger partial charge in [0.25, 0.3) is 0 Å². The summed E-state index contributed by atoms with van der Waals surface area (Å²) < 4.78 is 13.9. The highest BCUT2D eigenvalue weighted by molar-refractivity contribution is 9.10. The summed E-state index contributed by atoms with van der Waals surface area (Å²) >= 11 is 5.01. The van der Waals surface area contributed by atoms with Gasteiger partial charge in [-0.15, -0.1) is 11.8 Å². The molecule has 0 bridgehead atoms. The smallest absolute Gasteiger partial charge is 0.137 e. The molecule has 2 aromatic rings. The van der Waals surface area contributed by atoms with Crippen molar-refractivity contribution in [1.82, 2.24) is 0 Å². The monoisotopic (exact) mass is 310 g/mol. The number of thioether (sulfide) groups is 1. The molecule has 0 atom stereocenters. The Morgan fingerprint density at radius 3 is 2.65 bits per heavy atom. The molecule has 0 heterocycles. The molecule has 0 aliphatic carbocycles. The molecule has 0 nitrogen and oxygen atoms in total. The molecule has 88 valence electrons. The molecule has 0 aliphatic heterocycles. The lowest BCUT2D eigenvalue weighted by Crippen LogP contribution is -1.87. The summed E-state index contributed by atoms with van der Waals surface area (Å²) in [5.41, 5.74) is 2.24. The van der Waals surface area contributed by atoms with Crippen LogP contribution in [0.25, 0.3) is 0 Å². The summed E-state index contributed by atoms with van der Waals surface area (Å²) in [7, 11) is 0. The van der Waals surface area contributed by atoms with Crippen LogP contribution in [0, 0.1) is 12.7 Å². The maximum atomic E-state index is 13.3. The lowest BCUT2D eigenvalue weighted by Gasteiger charge is -2.07. The van der Waals surface area contributed by atoms with Crippen LogP contribution < -0.4 is 0 Å². The Morgan fingerprint density at radius 2 is 1.88 bits per heavy atom. The Labute approximate surface area is 113 Å². The van der Waals surface area contributed by atoms with E-state index in [2.05, 4.69) is 35.0 Å². The van der Waals surface area contributed by atoms with Gasteiger partial charge in [-0.25, -0.2) is 4.39 Å². The average molecular weight is 311 g/mol. The largest absolute Gasteiger partial charge is 0.206 e. The zero-order valence-corrected chi connectivity index (χ0v) is 11.8. The normalized spacial score (nSPS) is 10.5. The molecule has 0 aromatic heterocycles. The van der Waals surface area contributed by atoms with E-state index >= 15 is 0 Å². The van der Waals surface area contributed by atoms with E-state index in [1.807, 2.05) is 18.2 Å². The zero-order chi connectivity index (χ0) is 12.3. The Bertz CT molecular complexity index is 525. The van der Waals surface area contributed by atoms with Gasteiger partial charge in [-0.2, -0.15) is 0 Å². The zero-order valence-electron chi connectivity index (χ0n) is 9.41. The summed E-state index contributed by atoms with van der Waals surface area (Å²) in [5, 5.41) is 0. The van der Waals surface area contributed by atoms with E-state index in [0.29, 0.717) is 4.47 Å². The molecule has 0 radical (unpaired) electrons. The van der Waals surface area contributed by atoms with E-state index in [1.54, 1.807) is 17.8 Å². The molecule has 0 saturated heterocycles. The maximum Gasteiger partial charge on any atom is 0.137 e. The van der Waals surface area contributed by atoms with Gasteiger partial charge in [0.1, 0.15) is 5.82 Å². The molecular formula is C14H12BrFS. The summed E-state index contributed by atoms with van der Waals surface area (Å²) in [6.07, 6.45) is 0. The van der Waals surface area contributed by atoms with Crippen LogP contribution in [0.4, 0.5) is 4.39 Å².